The first-order valence-corrected chi connectivity index (χ1v) is 9.98. The van der Waals surface area contributed by atoms with Gasteiger partial charge >= 0.3 is 6.18 Å². The van der Waals surface area contributed by atoms with Crippen molar-refractivity contribution in [1.82, 2.24) is 15.1 Å². The molecule has 1 aromatic carbocycles. The van der Waals surface area contributed by atoms with E-state index in [9.17, 15) is 38.3 Å². The number of aromatic nitrogens is 2. The highest BCUT2D eigenvalue weighted by Crippen LogP contribution is 2.46. The highest BCUT2D eigenvalue weighted by atomic mass is 79.9. The Labute approximate surface area is 182 Å². The number of alkyl halides is 3. The van der Waals surface area contributed by atoms with Crippen molar-refractivity contribution >= 4 is 27.5 Å². The molecule has 2 atom stereocenters. The van der Waals surface area contributed by atoms with Crippen molar-refractivity contribution < 1.29 is 33.1 Å². The number of halogens is 4. The smallest absolute Gasteiger partial charge is 0.394 e. The van der Waals surface area contributed by atoms with E-state index in [1.807, 2.05) is 0 Å². The molecule has 0 aliphatic heterocycles. The molecule has 1 amide bonds. The molecule has 168 valence electrons. The van der Waals surface area contributed by atoms with Gasteiger partial charge in [-0.15, -0.1) is 0 Å². The number of aliphatic hydroxyl groups is 2. The molecule has 31 heavy (non-hydrogen) atoms. The first kappa shape index (κ1) is 23.2. The molecular weight excluding hydrogens is 489 g/mol. The fourth-order valence-corrected chi connectivity index (χ4v) is 3.97. The molecule has 9 nitrogen and oxygen atoms in total. The molecule has 1 aromatic heterocycles. The molecule has 1 heterocycles. The van der Waals surface area contributed by atoms with Gasteiger partial charge in [-0.25, -0.2) is 0 Å². The Morgan fingerprint density at radius 3 is 2.45 bits per heavy atom. The van der Waals surface area contributed by atoms with Crippen molar-refractivity contribution in [1.29, 1.82) is 0 Å². The Kier molecular flexibility index (Phi) is 6.67. The molecule has 13 heteroatoms. The third-order valence-corrected chi connectivity index (χ3v) is 5.61. The number of hydrogen-bond acceptors (Lipinski definition) is 6. The third kappa shape index (κ3) is 5.22. The summed E-state index contributed by atoms with van der Waals surface area (Å²) in [5, 5.41) is 36.6. The predicted octanol–water partition coefficient (Wildman–Crippen LogP) is 2.66. The molecule has 3 N–H and O–H groups in total. The summed E-state index contributed by atoms with van der Waals surface area (Å²) in [6, 6.07) is 3.71. The summed E-state index contributed by atoms with van der Waals surface area (Å²) >= 11 is 2.94. The second-order valence-electron chi connectivity index (χ2n) is 7.13. The van der Waals surface area contributed by atoms with Crippen LogP contribution in [-0.2, 0) is 17.5 Å². The molecule has 3 rings (SSSR count). The van der Waals surface area contributed by atoms with E-state index in [-0.39, 0.29) is 27.3 Å². The number of rotatable bonds is 8. The van der Waals surface area contributed by atoms with Crippen LogP contribution >= 0.6 is 15.9 Å². The second kappa shape index (κ2) is 8.93. The van der Waals surface area contributed by atoms with Crippen molar-refractivity contribution in [2.24, 2.45) is 0 Å². The van der Waals surface area contributed by atoms with Gasteiger partial charge in [0.05, 0.1) is 27.7 Å². The highest BCUT2D eigenvalue weighted by molar-refractivity contribution is 9.10. The Balaban J connectivity index is 1.74. The van der Waals surface area contributed by atoms with Crippen molar-refractivity contribution in [3.8, 4) is 0 Å². The zero-order valence-corrected chi connectivity index (χ0v) is 17.4. The van der Waals surface area contributed by atoms with Crippen LogP contribution in [0.1, 0.15) is 41.8 Å². The number of nitrogens with zero attached hydrogens (tertiary/aromatic N) is 3. The number of carbonyl (C=O) groups excluding carboxylic acids is 1. The summed E-state index contributed by atoms with van der Waals surface area (Å²) in [5.74, 6) is -0.893. The number of aliphatic hydroxyl groups excluding tert-OH is 2. The van der Waals surface area contributed by atoms with E-state index in [1.54, 1.807) is 0 Å². The zero-order valence-electron chi connectivity index (χ0n) is 15.8. The molecule has 0 spiro atoms. The topological polar surface area (TPSA) is 131 Å². The van der Waals surface area contributed by atoms with Crippen molar-refractivity contribution in [3.05, 3.63) is 55.8 Å². The van der Waals surface area contributed by atoms with Crippen molar-refractivity contribution in [2.75, 3.05) is 6.61 Å². The van der Waals surface area contributed by atoms with E-state index in [0.29, 0.717) is 12.8 Å². The molecule has 1 aliphatic rings. The minimum Gasteiger partial charge on any atom is -0.394 e. The number of carbonyl (C=O) groups is 1. The number of nitrogens with one attached hydrogen (secondary N) is 1. The zero-order chi connectivity index (χ0) is 22.9. The SMILES string of the molecule is O=C(Cn1nc(C(F)(F)F)c(Br)c1C1CC1)NC(CO)C(O)c1ccc([N+](=O)[O-])cc1. The molecule has 1 fully saturated rings. The summed E-state index contributed by atoms with van der Waals surface area (Å²) in [4.78, 5) is 22.6. The van der Waals surface area contributed by atoms with E-state index < -0.39 is 48.0 Å². The van der Waals surface area contributed by atoms with Crippen LogP contribution in [0.15, 0.2) is 28.7 Å². The molecule has 1 aliphatic carbocycles. The van der Waals surface area contributed by atoms with Crippen LogP contribution in [-0.4, -0.2) is 43.5 Å². The Morgan fingerprint density at radius 1 is 1.35 bits per heavy atom. The Morgan fingerprint density at radius 2 is 1.97 bits per heavy atom. The maximum absolute atomic E-state index is 13.2. The van der Waals surface area contributed by atoms with Crippen LogP contribution in [0.3, 0.4) is 0 Å². The van der Waals surface area contributed by atoms with Gasteiger partial charge in [-0.2, -0.15) is 18.3 Å². The lowest BCUT2D eigenvalue weighted by Crippen LogP contribution is -2.43. The van der Waals surface area contributed by atoms with Crippen LogP contribution < -0.4 is 5.32 Å². The maximum Gasteiger partial charge on any atom is 0.436 e. The standard InChI is InChI=1S/C18H18BrF3N4O5/c19-14-15(9-1-2-9)25(24-17(14)18(20,21)22)7-13(28)23-12(8-27)16(29)10-3-5-11(6-4-10)26(30)31/h3-6,9,12,16,27,29H,1-2,7-8H2,(H,23,28). The average Bonchev–Trinajstić information content (AvgIpc) is 3.48. The number of non-ortho nitro benzene ring substituents is 1. The fourth-order valence-electron chi connectivity index (χ4n) is 3.14. The molecule has 0 saturated heterocycles. The van der Waals surface area contributed by atoms with Gasteiger partial charge in [-0.3, -0.25) is 19.6 Å². The number of nitro groups is 1. The lowest BCUT2D eigenvalue weighted by molar-refractivity contribution is -0.384. The maximum atomic E-state index is 13.2. The van der Waals surface area contributed by atoms with Crippen LogP contribution in [0.2, 0.25) is 0 Å². The van der Waals surface area contributed by atoms with Gasteiger partial charge in [0.15, 0.2) is 5.69 Å². The number of hydrogen-bond donors (Lipinski definition) is 3. The van der Waals surface area contributed by atoms with Gasteiger partial charge in [0.2, 0.25) is 5.91 Å². The lowest BCUT2D eigenvalue weighted by Gasteiger charge is -2.22. The predicted molar refractivity (Wildman–Crippen MR) is 104 cm³/mol. The molecule has 1 saturated carbocycles. The third-order valence-electron chi connectivity index (χ3n) is 4.83. The molecule has 2 aromatic rings. The van der Waals surface area contributed by atoms with Gasteiger partial charge in [-0.1, -0.05) is 0 Å². The minimum absolute atomic E-state index is 0.134. The first-order valence-electron chi connectivity index (χ1n) is 9.19. The van der Waals surface area contributed by atoms with Gasteiger partial charge in [0.25, 0.3) is 5.69 Å². The van der Waals surface area contributed by atoms with E-state index in [2.05, 4.69) is 26.3 Å². The van der Waals surface area contributed by atoms with Gasteiger partial charge in [-0.05, 0) is 46.5 Å². The van der Waals surface area contributed by atoms with Gasteiger partial charge in [0.1, 0.15) is 12.6 Å². The summed E-state index contributed by atoms with van der Waals surface area (Å²) in [5.41, 5.74) is -0.826. The van der Waals surface area contributed by atoms with Crippen LogP contribution in [0.5, 0.6) is 0 Å². The number of nitro benzene ring substituents is 1. The van der Waals surface area contributed by atoms with E-state index in [0.717, 1.165) is 16.8 Å². The summed E-state index contributed by atoms with van der Waals surface area (Å²) in [6.45, 7) is -1.21. The lowest BCUT2D eigenvalue weighted by atomic mass is 10.0. The largest absolute Gasteiger partial charge is 0.436 e. The number of amides is 1. The van der Waals surface area contributed by atoms with Crippen LogP contribution in [0.4, 0.5) is 18.9 Å². The summed E-state index contributed by atoms with van der Waals surface area (Å²) in [6.07, 6.45) is -4.72. The van der Waals surface area contributed by atoms with Gasteiger partial charge in [0, 0.05) is 18.1 Å². The molecular formula is C18H18BrF3N4O5. The minimum atomic E-state index is -4.69. The van der Waals surface area contributed by atoms with Crippen LogP contribution in [0.25, 0.3) is 0 Å². The van der Waals surface area contributed by atoms with Crippen molar-refractivity contribution in [3.63, 3.8) is 0 Å². The highest BCUT2D eigenvalue weighted by Gasteiger charge is 2.42. The Hall–Kier alpha value is -2.51. The van der Waals surface area contributed by atoms with Crippen molar-refractivity contribution in [2.45, 2.75) is 43.6 Å². The van der Waals surface area contributed by atoms with E-state index in [1.165, 1.54) is 12.1 Å². The quantitative estimate of drug-likeness (QED) is 0.372. The van der Waals surface area contributed by atoms with Gasteiger partial charge < -0.3 is 15.5 Å². The van der Waals surface area contributed by atoms with E-state index in [4.69, 9.17) is 0 Å². The summed E-state index contributed by atoms with van der Waals surface area (Å²) in [7, 11) is 0. The normalized spacial score (nSPS) is 16.1. The second-order valence-corrected chi connectivity index (χ2v) is 7.92. The average molecular weight is 507 g/mol. The first-order chi connectivity index (χ1) is 14.5. The Bertz CT molecular complexity index is 976. The number of benzene rings is 1. The molecule has 0 bridgehead atoms. The monoisotopic (exact) mass is 506 g/mol. The fraction of sp³-hybridized carbons (Fsp3) is 0.444. The van der Waals surface area contributed by atoms with E-state index >= 15 is 0 Å². The summed E-state index contributed by atoms with van der Waals surface area (Å²) < 4.78 is 40.3. The molecule has 2 unspecified atom stereocenters. The molecule has 0 radical (unpaired) electrons. The van der Waals surface area contributed by atoms with Crippen LogP contribution in [0, 0.1) is 10.1 Å².